The quantitative estimate of drug-likeness (QED) is 0.143. The Hall–Kier alpha value is -9.16. The van der Waals surface area contributed by atoms with Crippen molar-refractivity contribution in [1.29, 1.82) is 0 Å². The van der Waals surface area contributed by atoms with Crippen LogP contribution in [-0.2, 0) is 0 Å². The van der Waals surface area contributed by atoms with Gasteiger partial charge in [0, 0.05) is 66.4 Å². The first-order valence-corrected chi connectivity index (χ1v) is 25.0. The molecule has 0 amide bonds. The van der Waals surface area contributed by atoms with E-state index >= 15 is 0 Å². The first-order chi connectivity index (χ1) is 35.3. The van der Waals surface area contributed by atoms with E-state index in [2.05, 4.69) is 285 Å². The highest BCUT2D eigenvalue weighted by Gasteiger charge is 2.24. The van der Waals surface area contributed by atoms with Gasteiger partial charge in [-0.2, -0.15) is 0 Å². The second kappa shape index (κ2) is 16.8. The van der Waals surface area contributed by atoms with Crippen molar-refractivity contribution in [2.45, 2.75) is 0 Å². The third-order valence-electron chi connectivity index (χ3n) is 14.2. The maximum absolute atomic E-state index is 2.43. The van der Waals surface area contributed by atoms with Crippen molar-refractivity contribution >= 4 is 110 Å². The van der Waals surface area contributed by atoms with Crippen LogP contribution in [-0.4, -0.2) is 9.13 Å². The van der Waals surface area contributed by atoms with Gasteiger partial charge in [0.25, 0.3) is 0 Å². The van der Waals surface area contributed by atoms with Crippen molar-refractivity contribution in [3.63, 3.8) is 0 Å². The second-order valence-electron chi connectivity index (χ2n) is 18.1. The van der Waals surface area contributed by atoms with Crippen LogP contribution in [0.3, 0.4) is 0 Å². The molecule has 3 heterocycles. The van der Waals surface area contributed by atoms with Crippen LogP contribution in [0.1, 0.15) is 0 Å². The first kappa shape index (κ1) is 40.9. The van der Waals surface area contributed by atoms with Gasteiger partial charge in [-0.1, -0.05) is 146 Å². The molecule has 14 aromatic rings. The number of thiophene rings is 1. The summed E-state index contributed by atoms with van der Waals surface area (Å²) in [4.78, 5) is 4.86. The minimum atomic E-state index is 1.10. The number of hydrogen-bond acceptors (Lipinski definition) is 3. The monoisotopic (exact) mass is 924 g/mol. The molecular formula is C66H44N4S. The zero-order valence-electron chi connectivity index (χ0n) is 38.6. The molecule has 0 unspecified atom stereocenters. The molecule has 14 rings (SSSR count). The van der Waals surface area contributed by atoms with Gasteiger partial charge in [-0.05, 0) is 137 Å². The fourth-order valence-electron chi connectivity index (χ4n) is 11.1. The van der Waals surface area contributed by atoms with Crippen LogP contribution in [0.2, 0.25) is 0 Å². The number of anilines is 6. The highest BCUT2D eigenvalue weighted by Crippen LogP contribution is 2.49. The molecule has 0 saturated heterocycles. The Bertz CT molecular complexity index is 4290. The maximum Gasteiger partial charge on any atom is 0.0640 e. The SMILES string of the molecule is c1ccc(N(c2ccc3c(c2)c2ccccc2n3-c2ccccc2)c2ccc(-c3ccc(N(c4ccccc4)c4ccc5c(c4)c4ccccc4n5-c4ccccc4)c4sccc34)c3ccccc23)cc1. The summed E-state index contributed by atoms with van der Waals surface area (Å²) in [5.74, 6) is 0. The van der Waals surface area contributed by atoms with Gasteiger partial charge < -0.3 is 18.9 Å². The molecule has 0 atom stereocenters. The first-order valence-electron chi connectivity index (χ1n) is 24.2. The lowest BCUT2D eigenvalue weighted by Crippen LogP contribution is -2.11. The molecule has 0 fully saturated rings. The van der Waals surface area contributed by atoms with Gasteiger partial charge >= 0.3 is 0 Å². The predicted octanol–water partition coefficient (Wildman–Crippen LogP) is 18.9. The molecule has 0 aliphatic rings. The van der Waals surface area contributed by atoms with Gasteiger partial charge in [0.1, 0.15) is 0 Å². The third kappa shape index (κ3) is 6.66. The van der Waals surface area contributed by atoms with E-state index in [-0.39, 0.29) is 0 Å². The van der Waals surface area contributed by atoms with Crippen LogP contribution < -0.4 is 9.80 Å². The molecule has 0 saturated carbocycles. The Kier molecular flexibility index (Phi) is 9.68. The zero-order valence-corrected chi connectivity index (χ0v) is 39.4. The highest BCUT2D eigenvalue weighted by atomic mass is 32.1. The lowest BCUT2D eigenvalue weighted by atomic mass is 9.94. The molecular weight excluding hydrogens is 881 g/mol. The summed E-state index contributed by atoms with van der Waals surface area (Å²) in [5, 5.41) is 10.8. The van der Waals surface area contributed by atoms with Crippen LogP contribution in [0.4, 0.5) is 34.1 Å². The zero-order chi connectivity index (χ0) is 46.8. The lowest BCUT2D eigenvalue weighted by Gasteiger charge is -2.28. The number of rotatable bonds is 9. The minimum Gasteiger partial charge on any atom is -0.310 e. The van der Waals surface area contributed by atoms with Crippen molar-refractivity contribution in [3.8, 4) is 22.5 Å². The molecule has 4 nitrogen and oxygen atoms in total. The van der Waals surface area contributed by atoms with E-state index in [0.717, 1.165) is 45.5 Å². The normalized spacial score (nSPS) is 11.7. The minimum absolute atomic E-state index is 1.10. The fraction of sp³-hybridized carbons (Fsp3) is 0. The number of hydrogen-bond donors (Lipinski definition) is 0. The number of benzene rings is 11. The smallest absolute Gasteiger partial charge is 0.0640 e. The van der Waals surface area contributed by atoms with E-state index in [1.807, 2.05) is 0 Å². The van der Waals surface area contributed by atoms with Gasteiger partial charge in [0.15, 0.2) is 0 Å². The van der Waals surface area contributed by atoms with Crippen molar-refractivity contribution in [3.05, 3.63) is 266 Å². The molecule has 3 aromatic heterocycles. The average molecular weight is 925 g/mol. The summed E-state index contributed by atoms with van der Waals surface area (Å²) >= 11 is 1.80. The topological polar surface area (TPSA) is 16.3 Å². The molecule has 5 heteroatoms. The van der Waals surface area contributed by atoms with Crippen LogP contribution in [0.25, 0.3) is 87.0 Å². The molecule has 71 heavy (non-hydrogen) atoms. The molecule has 0 bridgehead atoms. The van der Waals surface area contributed by atoms with Gasteiger partial charge in [-0.25, -0.2) is 0 Å². The summed E-state index contributed by atoms with van der Waals surface area (Å²) in [5.41, 5.74) is 16.2. The van der Waals surface area contributed by atoms with Gasteiger partial charge in [0.2, 0.25) is 0 Å². The Labute approximate surface area is 415 Å². The van der Waals surface area contributed by atoms with Gasteiger partial charge in [-0.3, -0.25) is 0 Å². The van der Waals surface area contributed by atoms with E-state index in [9.17, 15) is 0 Å². The van der Waals surface area contributed by atoms with Crippen LogP contribution in [0.15, 0.2) is 266 Å². The Morgan fingerprint density at radius 2 is 0.676 bits per heavy atom. The largest absolute Gasteiger partial charge is 0.310 e. The van der Waals surface area contributed by atoms with Crippen LogP contribution >= 0.6 is 11.3 Å². The molecule has 0 spiro atoms. The summed E-state index contributed by atoms with van der Waals surface area (Å²) < 4.78 is 6.00. The third-order valence-corrected chi connectivity index (χ3v) is 15.1. The number of fused-ring (bicyclic) bond motifs is 8. The summed E-state index contributed by atoms with van der Waals surface area (Å²) in [6.45, 7) is 0. The summed E-state index contributed by atoms with van der Waals surface area (Å²) in [6, 6.07) is 94.9. The Morgan fingerprint density at radius 3 is 1.21 bits per heavy atom. The van der Waals surface area contributed by atoms with E-state index in [1.165, 1.54) is 75.6 Å². The predicted molar refractivity (Wildman–Crippen MR) is 303 cm³/mol. The highest BCUT2D eigenvalue weighted by molar-refractivity contribution is 7.18. The molecule has 0 radical (unpaired) electrons. The average Bonchev–Trinajstić information content (AvgIpc) is 4.16. The van der Waals surface area contributed by atoms with Crippen molar-refractivity contribution in [2.75, 3.05) is 9.80 Å². The van der Waals surface area contributed by atoms with Gasteiger partial charge in [-0.15, -0.1) is 11.3 Å². The van der Waals surface area contributed by atoms with Gasteiger partial charge in [0.05, 0.1) is 38.1 Å². The second-order valence-corrected chi connectivity index (χ2v) is 19.0. The summed E-state index contributed by atoms with van der Waals surface area (Å²) in [7, 11) is 0. The molecule has 334 valence electrons. The molecule has 0 aliphatic carbocycles. The Balaban J connectivity index is 0.919. The number of nitrogens with zero attached hydrogens (tertiary/aromatic N) is 4. The number of para-hydroxylation sites is 6. The number of aromatic nitrogens is 2. The van der Waals surface area contributed by atoms with E-state index in [0.29, 0.717) is 0 Å². The van der Waals surface area contributed by atoms with Crippen LogP contribution in [0.5, 0.6) is 0 Å². The molecule has 11 aromatic carbocycles. The summed E-state index contributed by atoms with van der Waals surface area (Å²) in [6.07, 6.45) is 0. The Morgan fingerprint density at radius 1 is 0.268 bits per heavy atom. The van der Waals surface area contributed by atoms with Crippen LogP contribution in [0, 0.1) is 0 Å². The molecule has 0 N–H and O–H groups in total. The maximum atomic E-state index is 2.43. The lowest BCUT2D eigenvalue weighted by molar-refractivity contribution is 1.18. The van der Waals surface area contributed by atoms with Crippen molar-refractivity contribution < 1.29 is 0 Å². The fourth-order valence-corrected chi connectivity index (χ4v) is 12.0. The van der Waals surface area contributed by atoms with Crippen molar-refractivity contribution in [2.24, 2.45) is 0 Å². The standard InChI is InChI=1S/C66H44N4S/c1-5-19-45(20-6-1)67(49-33-37-63-58(43-49)55-29-15-17-31-60(55)69(63)47-23-9-3-10-24-47)62-39-35-52(51-27-13-14-28-54(51)62)53-36-40-65(66-57(53)41-42-71-66)68(46-21-7-2-8-22-46)50-34-38-64-59(44-50)56-30-16-18-32-61(56)70(64)48-25-11-4-12-26-48/h1-44H. The van der Waals surface area contributed by atoms with Crippen molar-refractivity contribution in [1.82, 2.24) is 9.13 Å². The van der Waals surface area contributed by atoms with E-state index in [1.54, 1.807) is 11.3 Å². The molecule has 0 aliphatic heterocycles. The van der Waals surface area contributed by atoms with E-state index < -0.39 is 0 Å². The van der Waals surface area contributed by atoms with E-state index in [4.69, 9.17) is 0 Å².